The highest BCUT2D eigenvalue weighted by Crippen LogP contribution is 2.24. The van der Waals surface area contributed by atoms with Crippen LogP contribution in [0.15, 0.2) is 36.4 Å². The number of halogens is 1. The SMILES string of the molecule is Cc1nn(-c2ccccc2)c(Cl)c1/C=C/C(=O)OC(C)C. The fourth-order valence-electron chi connectivity index (χ4n) is 1.86. The number of esters is 1. The Morgan fingerprint density at radius 2 is 2.00 bits per heavy atom. The molecular weight excluding hydrogens is 288 g/mol. The topological polar surface area (TPSA) is 44.1 Å². The average molecular weight is 305 g/mol. The molecule has 110 valence electrons. The third-order valence-corrected chi connectivity index (χ3v) is 3.15. The van der Waals surface area contributed by atoms with Crippen LogP contribution in [-0.2, 0) is 9.53 Å². The molecule has 0 spiro atoms. The van der Waals surface area contributed by atoms with Gasteiger partial charge in [0, 0.05) is 11.6 Å². The van der Waals surface area contributed by atoms with Crippen molar-refractivity contribution in [1.82, 2.24) is 9.78 Å². The van der Waals surface area contributed by atoms with Gasteiger partial charge in [-0.05, 0) is 39.0 Å². The second-order valence-corrected chi connectivity index (χ2v) is 5.21. The minimum absolute atomic E-state index is 0.147. The summed E-state index contributed by atoms with van der Waals surface area (Å²) < 4.78 is 6.69. The van der Waals surface area contributed by atoms with Crippen LogP contribution >= 0.6 is 11.6 Å². The molecule has 4 nitrogen and oxygen atoms in total. The maximum atomic E-state index is 11.5. The van der Waals surface area contributed by atoms with Crippen molar-refractivity contribution in [1.29, 1.82) is 0 Å². The fourth-order valence-corrected chi connectivity index (χ4v) is 2.20. The first-order valence-electron chi connectivity index (χ1n) is 6.68. The van der Waals surface area contributed by atoms with Crippen LogP contribution < -0.4 is 0 Å². The molecule has 1 aromatic carbocycles. The van der Waals surface area contributed by atoms with Crippen molar-refractivity contribution >= 4 is 23.6 Å². The highest BCUT2D eigenvalue weighted by Gasteiger charge is 2.12. The van der Waals surface area contributed by atoms with Crippen molar-refractivity contribution in [3.8, 4) is 5.69 Å². The molecule has 2 rings (SSSR count). The number of aromatic nitrogens is 2. The number of nitrogens with zero attached hydrogens (tertiary/aromatic N) is 2. The lowest BCUT2D eigenvalue weighted by atomic mass is 10.2. The minimum atomic E-state index is -0.395. The number of hydrogen-bond acceptors (Lipinski definition) is 3. The third kappa shape index (κ3) is 3.73. The van der Waals surface area contributed by atoms with Crippen molar-refractivity contribution in [2.45, 2.75) is 26.9 Å². The molecule has 0 aliphatic heterocycles. The first kappa shape index (κ1) is 15.3. The number of hydrogen-bond donors (Lipinski definition) is 0. The summed E-state index contributed by atoms with van der Waals surface area (Å²) in [6.07, 6.45) is 2.85. The third-order valence-electron chi connectivity index (χ3n) is 2.79. The van der Waals surface area contributed by atoms with Crippen LogP contribution in [0.25, 0.3) is 11.8 Å². The van der Waals surface area contributed by atoms with E-state index in [1.165, 1.54) is 6.08 Å². The van der Waals surface area contributed by atoms with Gasteiger partial charge in [0.1, 0.15) is 5.15 Å². The second-order valence-electron chi connectivity index (χ2n) is 4.86. The lowest BCUT2D eigenvalue weighted by Gasteiger charge is -2.04. The number of rotatable bonds is 4. The zero-order chi connectivity index (χ0) is 15.4. The van der Waals surface area contributed by atoms with Gasteiger partial charge < -0.3 is 4.74 Å². The molecule has 5 heteroatoms. The molecule has 1 heterocycles. The largest absolute Gasteiger partial charge is 0.460 e. The van der Waals surface area contributed by atoms with Gasteiger partial charge in [-0.2, -0.15) is 5.10 Å². The summed E-state index contributed by atoms with van der Waals surface area (Å²) in [7, 11) is 0. The Bertz CT molecular complexity index is 660. The van der Waals surface area contributed by atoms with Gasteiger partial charge in [0.05, 0.1) is 17.5 Å². The number of carbonyl (C=O) groups is 1. The zero-order valence-electron chi connectivity index (χ0n) is 12.2. The maximum Gasteiger partial charge on any atom is 0.331 e. The molecule has 0 radical (unpaired) electrons. The minimum Gasteiger partial charge on any atom is -0.460 e. The van der Waals surface area contributed by atoms with E-state index in [-0.39, 0.29) is 6.10 Å². The molecule has 0 saturated heterocycles. The molecule has 0 saturated carbocycles. The van der Waals surface area contributed by atoms with Crippen molar-refractivity contribution < 1.29 is 9.53 Å². The zero-order valence-corrected chi connectivity index (χ0v) is 13.0. The molecular formula is C16H17ClN2O2. The van der Waals surface area contributed by atoms with Gasteiger partial charge in [-0.3, -0.25) is 0 Å². The molecule has 0 amide bonds. The van der Waals surface area contributed by atoms with E-state index < -0.39 is 5.97 Å². The molecule has 2 aromatic rings. The fraction of sp³-hybridized carbons (Fsp3) is 0.250. The van der Waals surface area contributed by atoms with Crippen LogP contribution in [0.3, 0.4) is 0 Å². The van der Waals surface area contributed by atoms with Crippen molar-refractivity contribution in [3.05, 3.63) is 52.8 Å². The predicted octanol–water partition coefficient (Wildman–Crippen LogP) is 3.80. The van der Waals surface area contributed by atoms with E-state index in [0.29, 0.717) is 10.7 Å². The van der Waals surface area contributed by atoms with E-state index in [9.17, 15) is 4.79 Å². The molecule has 0 aliphatic rings. The first-order chi connectivity index (χ1) is 9.99. The Kier molecular flexibility index (Phi) is 4.81. The number of ether oxygens (including phenoxy) is 1. The normalized spacial score (nSPS) is 11.3. The van der Waals surface area contributed by atoms with Gasteiger partial charge >= 0.3 is 5.97 Å². The second kappa shape index (κ2) is 6.59. The van der Waals surface area contributed by atoms with Crippen LogP contribution in [0.5, 0.6) is 0 Å². The van der Waals surface area contributed by atoms with Crippen LogP contribution in [0, 0.1) is 6.92 Å². The van der Waals surface area contributed by atoms with Crippen molar-refractivity contribution in [3.63, 3.8) is 0 Å². The molecule has 21 heavy (non-hydrogen) atoms. The number of para-hydroxylation sites is 1. The van der Waals surface area contributed by atoms with Crippen LogP contribution in [0.4, 0.5) is 0 Å². The van der Waals surface area contributed by atoms with Gasteiger partial charge in [-0.15, -0.1) is 0 Å². The number of benzene rings is 1. The maximum absolute atomic E-state index is 11.5. The number of carbonyl (C=O) groups excluding carboxylic acids is 1. The van der Waals surface area contributed by atoms with Gasteiger partial charge in [-0.25, -0.2) is 9.48 Å². The van der Waals surface area contributed by atoms with E-state index in [0.717, 1.165) is 11.4 Å². The summed E-state index contributed by atoms with van der Waals surface area (Å²) in [6, 6.07) is 9.59. The Labute approximate surface area is 129 Å². The number of aryl methyl sites for hydroxylation is 1. The lowest BCUT2D eigenvalue weighted by Crippen LogP contribution is -2.08. The van der Waals surface area contributed by atoms with E-state index in [4.69, 9.17) is 16.3 Å². The first-order valence-corrected chi connectivity index (χ1v) is 7.06. The monoisotopic (exact) mass is 304 g/mol. The smallest absolute Gasteiger partial charge is 0.331 e. The predicted molar refractivity (Wildman–Crippen MR) is 83.6 cm³/mol. The van der Waals surface area contributed by atoms with Gasteiger partial charge in [0.25, 0.3) is 0 Å². The highest BCUT2D eigenvalue weighted by molar-refractivity contribution is 6.31. The van der Waals surface area contributed by atoms with Gasteiger partial charge in [-0.1, -0.05) is 29.8 Å². The van der Waals surface area contributed by atoms with E-state index >= 15 is 0 Å². The summed E-state index contributed by atoms with van der Waals surface area (Å²) in [5, 5.41) is 4.87. The Morgan fingerprint density at radius 1 is 1.33 bits per heavy atom. The Hall–Kier alpha value is -2.07. The Balaban J connectivity index is 2.28. The van der Waals surface area contributed by atoms with Gasteiger partial charge in [0.15, 0.2) is 0 Å². The molecule has 1 aromatic heterocycles. The van der Waals surface area contributed by atoms with Crippen LogP contribution in [0.2, 0.25) is 5.15 Å². The quantitative estimate of drug-likeness (QED) is 0.637. The van der Waals surface area contributed by atoms with Crippen LogP contribution in [-0.4, -0.2) is 21.9 Å². The van der Waals surface area contributed by atoms with E-state index in [1.807, 2.05) is 37.3 Å². The van der Waals surface area contributed by atoms with Crippen LogP contribution in [0.1, 0.15) is 25.1 Å². The summed E-state index contributed by atoms with van der Waals surface area (Å²) in [5.74, 6) is -0.395. The van der Waals surface area contributed by atoms with Crippen molar-refractivity contribution in [2.75, 3.05) is 0 Å². The van der Waals surface area contributed by atoms with E-state index in [2.05, 4.69) is 5.10 Å². The molecule has 0 atom stereocenters. The standard InChI is InChI=1S/C16H17ClN2O2/c1-11(2)21-15(20)10-9-14-12(3)18-19(16(14)17)13-7-5-4-6-8-13/h4-11H,1-3H3/b10-9+. The summed E-state index contributed by atoms with van der Waals surface area (Å²) >= 11 is 6.35. The molecule has 0 bridgehead atoms. The summed E-state index contributed by atoms with van der Waals surface area (Å²) in [4.78, 5) is 11.5. The summed E-state index contributed by atoms with van der Waals surface area (Å²) in [6.45, 7) is 5.45. The Morgan fingerprint density at radius 3 is 2.62 bits per heavy atom. The summed E-state index contributed by atoms with van der Waals surface area (Å²) in [5.41, 5.74) is 2.33. The molecule has 0 aliphatic carbocycles. The molecule has 0 N–H and O–H groups in total. The van der Waals surface area contributed by atoms with Gasteiger partial charge in [0.2, 0.25) is 0 Å². The average Bonchev–Trinajstić information content (AvgIpc) is 2.72. The van der Waals surface area contributed by atoms with Crippen molar-refractivity contribution in [2.24, 2.45) is 0 Å². The molecule has 0 fully saturated rings. The highest BCUT2D eigenvalue weighted by atomic mass is 35.5. The molecule has 0 unspecified atom stereocenters. The lowest BCUT2D eigenvalue weighted by molar-refractivity contribution is -0.141. The van der Waals surface area contributed by atoms with E-state index in [1.54, 1.807) is 24.6 Å².